The van der Waals surface area contributed by atoms with Crippen LogP contribution >= 0.6 is 0 Å². The van der Waals surface area contributed by atoms with E-state index in [0.717, 1.165) is 27.9 Å². The number of aromatic nitrogens is 4. The van der Waals surface area contributed by atoms with Gasteiger partial charge in [-0.25, -0.2) is 4.98 Å². The van der Waals surface area contributed by atoms with Gasteiger partial charge in [0, 0.05) is 49.0 Å². The zero-order chi connectivity index (χ0) is 23.2. The second kappa shape index (κ2) is 10.2. The summed E-state index contributed by atoms with van der Waals surface area (Å²) in [5.41, 5.74) is 4.94. The van der Waals surface area contributed by atoms with E-state index in [9.17, 15) is 4.79 Å². The summed E-state index contributed by atoms with van der Waals surface area (Å²) in [6.45, 7) is 4.73. The van der Waals surface area contributed by atoms with E-state index in [1.54, 1.807) is 17.1 Å². The van der Waals surface area contributed by atoms with Crippen molar-refractivity contribution in [2.24, 2.45) is 7.05 Å². The van der Waals surface area contributed by atoms with Crippen molar-refractivity contribution in [1.82, 2.24) is 25.1 Å². The lowest BCUT2D eigenvalue weighted by molar-refractivity contribution is -0.118. The molecule has 0 radical (unpaired) electrons. The molecule has 0 saturated heterocycles. The van der Waals surface area contributed by atoms with Crippen LogP contribution in [0.15, 0.2) is 79.4 Å². The molecule has 0 aliphatic carbocycles. The third-order valence-corrected chi connectivity index (χ3v) is 5.58. The predicted molar refractivity (Wildman–Crippen MR) is 130 cm³/mol. The molecule has 4 aromatic rings. The molecule has 0 saturated carbocycles. The number of nitrogens with one attached hydrogen (secondary N) is 2. The largest absolute Gasteiger partial charge is 0.309 e. The molecule has 0 aliphatic rings. The van der Waals surface area contributed by atoms with E-state index >= 15 is 0 Å². The van der Waals surface area contributed by atoms with E-state index in [2.05, 4.69) is 38.7 Å². The number of aryl methyl sites for hydroxylation is 2. The van der Waals surface area contributed by atoms with Crippen LogP contribution in [-0.4, -0.2) is 32.2 Å². The van der Waals surface area contributed by atoms with Gasteiger partial charge in [-0.3, -0.25) is 14.5 Å². The molecule has 2 atom stereocenters. The molecule has 1 aromatic carbocycles. The van der Waals surface area contributed by atoms with Gasteiger partial charge in [0.15, 0.2) is 0 Å². The van der Waals surface area contributed by atoms with Gasteiger partial charge in [-0.1, -0.05) is 43.3 Å². The molecular formula is C26H28N6O. The van der Waals surface area contributed by atoms with Crippen LogP contribution in [0.4, 0.5) is 5.82 Å². The quantitative estimate of drug-likeness (QED) is 0.428. The zero-order valence-corrected chi connectivity index (χ0v) is 19.1. The van der Waals surface area contributed by atoms with Crippen molar-refractivity contribution >= 4 is 11.7 Å². The lowest BCUT2D eigenvalue weighted by atomic mass is 10.0. The Kier molecular flexibility index (Phi) is 6.90. The molecule has 0 aliphatic heterocycles. The van der Waals surface area contributed by atoms with Gasteiger partial charge in [-0.05, 0) is 42.2 Å². The third kappa shape index (κ3) is 5.70. The molecule has 2 N–H and O–H groups in total. The molecule has 168 valence electrons. The first-order valence-corrected chi connectivity index (χ1v) is 11.0. The van der Waals surface area contributed by atoms with Crippen molar-refractivity contribution in [2.75, 3.05) is 11.9 Å². The fraction of sp³-hybridized carbons (Fsp3) is 0.231. The summed E-state index contributed by atoms with van der Waals surface area (Å²) in [5.74, 6) is 0.553. The second-order valence-electron chi connectivity index (χ2n) is 8.21. The maximum atomic E-state index is 13.2. The monoisotopic (exact) mass is 440 g/mol. The predicted octanol–water partition coefficient (Wildman–Crippen LogP) is 4.26. The molecule has 33 heavy (non-hydrogen) atoms. The van der Waals surface area contributed by atoms with Crippen LogP contribution in [-0.2, 0) is 11.8 Å². The van der Waals surface area contributed by atoms with Crippen molar-refractivity contribution in [3.8, 4) is 11.1 Å². The molecule has 3 aromatic heterocycles. The number of carbonyl (C=O) groups is 1. The summed E-state index contributed by atoms with van der Waals surface area (Å²) in [5, 5.41) is 10.6. The Labute approximate surface area is 193 Å². The van der Waals surface area contributed by atoms with Crippen LogP contribution in [0.25, 0.3) is 11.1 Å². The molecule has 3 heterocycles. The summed E-state index contributed by atoms with van der Waals surface area (Å²) in [6, 6.07) is 17.0. The minimum absolute atomic E-state index is 0.156. The van der Waals surface area contributed by atoms with Gasteiger partial charge in [0.1, 0.15) is 11.9 Å². The Bertz CT molecular complexity index is 1190. The number of anilines is 1. The molecule has 1 amide bonds. The Hall–Kier alpha value is -3.84. The van der Waals surface area contributed by atoms with E-state index < -0.39 is 6.04 Å². The fourth-order valence-electron chi connectivity index (χ4n) is 3.60. The van der Waals surface area contributed by atoms with Crippen molar-refractivity contribution in [1.29, 1.82) is 0 Å². The molecule has 0 bridgehead atoms. The van der Waals surface area contributed by atoms with Crippen LogP contribution in [0.1, 0.15) is 35.7 Å². The number of carbonyl (C=O) groups excluding carboxylic acids is 1. The normalized spacial score (nSPS) is 12.8. The standard InChI is InChI=1S/C26H28N6O/c1-18(21-10-9-19(2)27-14-21)13-29-25(20-7-5-4-6-8-20)26(33)31-24-12-11-22(15-28-24)23-16-30-32(3)17-23/h4-12,14-18,25,29H,13H2,1-3H3,(H,28,31,33)/t18?,25-/m1/s1. The highest BCUT2D eigenvalue weighted by atomic mass is 16.2. The van der Waals surface area contributed by atoms with E-state index in [-0.39, 0.29) is 11.8 Å². The first-order valence-electron chi connectivity index (χ1n) is 11.0. The summed E-state index contributed by atoms with van der Waals surface area (Å²) >= 11 is 0. The molecule has 1 unspecified atom stereocenters. The van der Waals surface area contributed by atoms with Gasteiger partial charge in [0.2, 0.25) is 5.91 Å². The minimum Gasteiger partial charge on any atom is -0.309 e. The highest BCUT2D eigenvalue weighted by Gasteiger charge is 2.22. The molecule has 0 fully saturated rings. The number of hydrogen-bond acceptors (Lipinski definition) is 5. The SMILES string of the molecule is Cc1ccc(C(C)CN[C@@H](C(=O)Nc2ccc(-c3cnn(C)c3)cn2)c2ccccc2)cn1. The number of nitrogens with zero attached hydrogens (tertiary/aromatic N) is 4. The summed E-state index contributed by atoms with van der Waals surface area (Å²) in [4.78, 5) is 22.0. The van der Waals surface area contributed by atoms with Crippen molar-refractivity contribution < 1.29 is 4.79 Å². The molecule has 7 heteroatoms. The maximum Gasteiger partial charge on any atom is 0.247 e. The maximum absolute atomic E-state index is 13.2. The second-order valence-corrected chi connectivity index (χ2v) is 8.21. The Morgan fingerprint density at radius 2 is 1.76 bits per heavy atom. The summed E-state index contributed by atoms with van der Waals surface area (Å²) in [6.07, 6.45) is 7.35. The van der Waals surface area contributed by atoms with Crippen LogP contribution in [0.2, 0.25) is 0 Å². The minimum atomic E-state index is -0.508. The number of rotatable bonds is 8. The summed E-state index contributed by atoms with van der Waals surface area (Å²) in [7, 11) is 1.87. The zero-order valence-electron chi connectivity index (χ0n) is 19.1. The van der Waals surface area contributed by atoms with E-state index in [1.807, 2.05) is 74.9 Å². The average Bonchev–Trinajstić information content (AvgIpc) is 3.27. The molecular weight excluding hydrogens is 412 g/mol. The van der Waals surface area contributed by atoms with E-state index in [1.165, 1.54) is 0 Å². The number of hydrogen-bond donors (Lipinski definition) is 2. The van der Waals surface area contributed by atoms with Crippen molar-refractivity contribution in [3.63, 3.8) is 0 Å². The van der Waals surface area contributed by atoms with Gasteiger partial charge in [-0.2, -0.15) is 5.10 Å². The van der Waals surface area contributed by atoms with Crippen LogP contribution in [0, 0.1) is 6.92 Å². The smallest absolute Gasteiger partial charge is 0.247 e. The Balaban J connectivity index is 1.46. The van der Waals surface area contributed by atoms with Gasteiger partial charge in [-0.15, -0.1) is 0 Å². The van der Waals surface area contributed by atoms with E-state index in [0.29, 0.717) is 12.4 Å². The van der Waals surface area contributed by atoms with Crippen LogP contribution in [0.5, 0.6) is 0 Å². The topological polar surface area (TPSA) is 84.7 Å². The Morgan fingerprint density at radius 1 is 0.939 bits per heavy atom. The first-order chi connectivity index (χ1) is 16.0. The lowest BCUT2D eigenvalue weighted by Gasteiger charge is -2.21. The van der Waals surface area contributed by atoms with E-state index in [4.69, 9.17) is 0 Å². The van der Waals surface area contributed by atoms with Crippen molar-refractivity contribution in [2.45, 2.75) is 25.8 Å². The summed E-state index contributed by atoms with van der Waals surface area (Å²) < 4.78 is 1.74. The third-order valence-electron chi connectivity index (χ3n) is 5.58. The van der Waals surface area contributed by atoms with Crippen LogP contribution < -0.4 is 10.6 Å². The molecule has 0 spiro atoms. The van der Waals surface area contributed by atoms with Gasteiger partial charge in [0.25, 0.3) is 0 Å². The fourth-order valence-corrected chi connectivity index (χ4v) is 3.60. The van der Waals surface area contributed by atoms with Gasteiger partial charge < -0.3 is 10.6 Å². The number of benzene rings is 1. The lowest BCUT2D eigenvalue weighted by Crippen LogP contribution is -2.35. The van der Waals surface area contributed by atoms with Crippen LogP contribution in [0.3, 0.4) is 0 Å². The van der Waals surface area contributed by atoms with Gasteiger partial charge >= 0.3 is 0 Å². The van der Waals surface area contributed by atoms with Gasteiger partial charge in [0.05, 0.1) is 6.20 Å². The molecule has 7 nitrogen and oxygen atoms in total. The number of pyridine rings is 2. The van der Waals surface area contributed by atoms with Crippen molar-refractivity contribution in [3.05, 3.63) is 96.2 Å². The Morgan fingerprint density at radius 3 is 2.39 bits per heavy atom. The highest BCUT2D eigenvalue weighted by molar-refractivity contribution is 5.95. The first kappa shape index (κ1) is 22.4. The average molecular weight is 441 g/mol. The molecule has 4 rings (SSSR count). The number of amides is 1. The highest BCUT2D eigenvalue weighted by Crippen LogP contribution is 2.21.